The van der Waals surface area contributed by atoms with Crippen molar-refractivity contribution in [2.24, 2.45) is 5.73 Å². The van der Waals surface area contributed by atoms with Crippen molar-refractivity contribution >= 4 is 5.78 Å². The minimum Gasteiger partial charge on any atom is -0.335 e. The van der Waals surface area contributed by atoms with E-state index < -0.39 is 0 Å². The van der Waals surface area contributed by atoms with Crippen LogP contribution in [-0.2, 0) is 17.8 Å². The van der Waals surface area contributed by atoms with E-state index in [0.29, 0.717) is 6.42 Å². The number of imidazole rings is 1. The van der Waals surface area contributed by atoms with Crippen molar-refractivity contribution in [2.45, 2.75) is 45.7 Å². The van der Waals surface area contributed by atoms with Gasteiger partial charge in [0.1, 0.15) is 5.82 Å². The molecule has 0 spiro atoms. The van der Waals surface area contributed by atoms with E-state index >= 15 is 0 Å². The van der Waals surface area contributed by atoms with E-state index in [1.807, 2.05) is 24.6 Å². The molecule has 0 saturated carbocycles. The molecule has 1 aromatic heterocycles. The number of aromatic nitrogens is 2. The summed E-state index contributed by atoms with van der Waals surface area (Å²) in [6.45, 7) is 4.90. The van der Waals surface area contributed by atoms with Crippen LogP contribution in [0.3, 0.4) is 0 Å². The Morgan fingerprint density at radius 2 is 2.33 bits per heavy atom. The second-order valence-electron chi connectivity index (χ2n) is 3.67. The lowest BCUT2D eigenvalue weighted by atomic mass is 10.1. The average molecular weight is 209 g/mol. The maximum atomic E-state index is 11.7. The molecule has 15 heavy (non-hydrogen) atoms. The Balaban J connectivity index is 2.58. The van der Waals surface area contributed by atoms with Gasteiger partial charge in [-0.1, -0.05) is 13.3 Å². The van der Waals surface area contributed by atoms with Crippen LogP contribution in [0.1, 0.15) is 32.5 Å². The third kappa shape index (κ3) is 3.16. The SMILES string of the molecule is CCCC(N)C(=O)Cc1nccn1CC. The number of aryl methyl sites for hydroxylation is 1. The molecule has 0 bridgehead atoms. The van der Waals surface area contributed by atoms with E-state index in [4.69, 9.17) is 5.73 Å². The summed E-state index contributed by atoms with van der Waals surface area (Å²) in [6.07, 6.45) is 5.65. The summed E-state index contributed by atoms with van der Waals surface area (Å²) in [6, 6.07) is -0.336. The molecule has 0 aliphatic rings. The Hall–Kier alpha value is -1.16. The zero-order valence-electron chi connectivity index (χ0n) is 9.44. The first kappa shape index (κ1) is 11.9. The molecule has 0 saturated heterocycles. The third-order valence-corrected chi connectivity index (χ3v) is 2.49. The largest absolute Gasteiger partial charge is 0.335 e. The van der Waals surface area contributed by atoms with E-state index in [1.165, 1.54) is 0 Å². The summed E-state index contributed by atoms with van der Waals surface area (Å²) in [5.41, 5.74) is 5.75. The summed E-state index contributed by atoms with van der Waals surface area (Å²) in [5, 5.41) is 0. The molecule has 0 aromatic carbocycles. The number of rotatable bonds is 6. The van der Waals surface area contributed by atoms with Gasteiger partial charge in [0.05, 0.1) is 12.5 Å². The van der Waals surface area contributed by atoms with Gasteiger partial charge in [0.15, 0.2) is 5.78 Å². The van der Waals surface area contributed by atoms with Crippen molar-refractivity contribution in [2.75, 3.05) is 0 Å². The molecule has 1 aromatic rings. The normalized spacial score (nSPS) is 12.7. The van der Waals surface area contributed by atoms with Crippen molar-refractivity contribution in [1.82, 2.24) is 9.55 Å². The number of hydrogen-bond acceptors (Lipinski definition) is 3. The van der Waals surface area contributed by atoms with E-state index in [1.54, 1.807) is 6.20 Å². The van der Waals surface area contributed by atoms with Gasteiger partial charge in [-0.15, -0.1) is 0 Å². The molecule has 0 amide bonds. The zero-order chi connectivity index (χ0) is 11.3. The summed E-state index contributed by atoms with van der Waals surface area (Å²) < 4.78 is 1.97. The maximum absolute atomic E-state index is 11.7. The molecule has 4 nitrogen and oxygen atoms in total. The molecule has 2 N–H and O–H groups in total. The summed E-state index contributed by atoms with van der Waals surface area (Å²) in [5.74, 6) is 0.895. The Labute approximate surface area is 90.5 Å². The molecule has 1 unspecified atom stereocenters. The van der Waals surface area contributed by atoms with Gasteiger partial charge in [-0.2, -0.15) is 0 Å². The van der Waals surface area contributed by atoms with Crippen LogP contribution in [0.2, 0.25) is 0 Å². The summed E-state index contributed by atoms with van der Waals surface area (Å²) >= 11 is 0. The topological polar surface area (TPSA) is 60.9 Å². The van der Waals surface area contributed by atoms with Crippen molar-refractivity contribution in [3.8, 4) is 0 Å². The quantitative estimate of drug-likeness (QED) is 0.764. The van der Waals surface area contributed by atoms with Gasteiger partial charge < -0.3 is 10.3 Å². The summed E-state index contributed by atoms with van der Waals surface area (Å²) in [4.78, 5) is 15.8. The predicted octanol–water partition coefficient (Wildman–Crippen LogP) is 1.14. The summed E-state index contributed by atoms with van der Waals surface area (Å²) in [7, 11) is 0. The molecule has 0 fully saturated rings. The molecular formula is C11H19N3O. The fourth-order valence-corrected chi connectivity index (χ4v) is 1.55. The number of hydrogen-bond donors (Lipinski definition) is 1. The number of carbonyl (C=O) groups is 1. The van der Waals surface area contributed by atoms with Gasteiger partial charge in [0.2, 0.25) is 0 Å². The standard InChI is InChI=1S/C11H19N3O/c1-3-5-9(12)10(15)8-11-13-6-7-14(11)4-2/h6-7,9H,3-5,8,12H2,1-2H3. The highest BCUT2D eigenvalue weighted by Gasteiger charge is 2.15. The number of ketones is 1. The van der Waals surface area contributed by atoms with Crippen LogP contribution < -0.4 is 5.73 Å². The highest BCUT2D eigenvalue weighted by Crippen LogP contribution is 2.03. The number of nitrogens with two attached hydrogens (primary N) is 1. The van der Waals surface area contributed by atoms with Gasteiger partial charge in [0, 0.05) is 18.9 Å². The maximum Gasteiger partial charge on any atom is 0.157 e. The predicted molar refractivity (Wildman–Crippen MR) is 59.5 cm³/mol. The van der Waals surface area contributed by atoms with Crippen molar-refractivity contribution in [1.29, 1.82) is 0 Å². The molecule has 0 aliphatic heterocycles. The Bertz CT molecular complexity index is 319. The highest BCUT2D eigenvalue weighted by atomic mass is 16.1. The number of nitrogens with zero attached hydrogens (tertiary/aromatic N) is 2. The Morgan fingerprint density at radius 3 is 2.93 bits per heavy atom. The lowest BCUT2D eigenvalue weighted by molar-refractivity contribution is -0.119. The van der Waals surface area contributed by atoms with Crippen LogP contribution in [0.25, 0.3) is 0 Å². The highest BCUT2D eigenvalue weighted by molar-refractivity contribution is 5.85. The molecule has 1 rings (SSSR count). The van der Waals surface area contributed by atoms with Crippen molar-refractivity contribution < 1.29 is 4.79 Å². The fraction of sp³-hybridized carbons (Fsp3) is 0.636. The van der Waals surface area contributed by atoms with Crippen molar-refractivity contribution in [3.63, 3.8) is 0 Å². The third-order valence-electron chi connectivity index (χ3n) is 2.49. The van der Waals surface area contributed by atoms with Gasteiger partial charge in [-0.05, 0) is 13.3 Å². The van der Waals surface area contributed by atoms with E-state index in [2.05, 4.69) is 4.98 Å². The molecule has 0 aliphatic carbocycles. The van der Waals surface area contributed by atoms with Gasteiger partial charge in [-0.3, -0.25) is 4.79 Å². The smallest absolute Gasteiger partial charge is 0.157 e. The molecular weight excluding hydrogens is 190 g/mol. The van der Waals surface area contributed by atoms with Crippen molar-refractivity contribution in [3.05, 3.63) is 18.2 Å². The number of Topliss-reactive ketones (excluding diaryl/α,β-unsaturated/α-hetero) is 1. The van der Waals surface area contributed by atoms with Crippen LogP contribution in [-0.4, -0.2) is 21.4 Å². The second kappa shape index (κ2) is 5.66. The fourth-order valence-electron chi connectivity index (χ4n) is 1.55. The van der Waals surface area contributed by atoms with Crippen LogP contribution >= 0.6 is 0 Å². The monoisotopic (exact) mass is 209 g/mol. The van der Waals surface area contributed by atoms with E-state index in [-0.39, 0.29) is 11.8 Å². The lowest BCUT2D eigenvalue weighted by Crippen LogP contribution is -2.32. The first-order valence-electron chi connectivity index (χ1n) is 5.47. The zero-order valence-corrected chi connectivity index (χ0v) is 9.44. The Kier molecular flexibility index (Phi) is 4.49. The van der Waals surface area contributed by atoms with Crippen LogP contribution in [0.5, 0.6) is 0 Å². The Morgan fingerprint density at radius 1 is 1.60 bits per heavy atom. The molecule has 4 heteroatoms. The molecule has 1 heterocycles. The molecule has 0 radical (unpaired) electrons. The van der Waals surface area contributed by atoms with E-state index in [0.717, 1.165) is 25.2 Å². The molecule has 1 atom stereocenters. The first-order chi connectivity index (χ1) is 7.19. The van der Waals surface area contributed by atoms with E-state index in [9.17, 15) is 4.79 Å². The van der Waals surface area contributed by atoms with Crippen LogP contribution in [0.15, 0.2) is 12.4 Å². The minimum atomic E-state index is -0.336. The van der Waals surface area contributed by atoms with Crippen LogP contribution in [0.4, 0.5) is 0 Å². The van der Waals surface area contributed by atoms with Gasteiger partial charge in [0.25, 0.3) is 0 Å². The average Bonchev–Trinajstić information content (AvgIpc) is 2.65. The number of carbonyl (C=O) groups excluding carboxylic acids is 1. The lowest BCUT2D eigenvalue weighted by Gasteiger charge is -2.09. The molecule has 84 valence electrons. The minimum absolute atomic E-state index is 0.0813. The van der Waals surface area contributed by atoms with Gasteiger partial charge >= 0.3 is 0 Å². The first-order valence-corrected chi connectivity index (χ1v) is 5.47. The van der Waals surface area contributed by atoms with Gasteiger partial charge in [-0.25, -0.2) is 4.98 Å². The second-order valence-corrected chi connectivity index (χ2v) is 3.67. The van der Waals surface area contributed by atoms with Crippen LogP contribution in [0, 0.1) is 0 Å².